The minimum absolute atomic E-state index is 0.00761. The van der Waals surface area contributed by atoms with Crippen LogP contribution in [0.15, 0.2) is 12.1 Å². The lowest BCUT2D eigenvalue weighted by molar-refractivity contribution is -0.118. The van der Waals surface area contributed by atoms with Crippen LogP contribution in [0.3, 0.4) is 0 Å². The number of aromatic nitrogens is 1. The predicted octanol–water partition coefficient (Wildman–Crippen LogP) is 1.09. The average molecular weight is 207 g/mol. The molecule has 0 saturated heterocycles. The standard InChI is InChI=1S/C10H13N3O2/c1-6-5-11-9-7(12-10(6)14)3-4-8(13-9)15-2/h3-4,6H,5H2,1-2H3,(H,11,13)(H,12,14). The summed E-state index contributed by atoms with van der Waals surface area (Å²) < 4.78 is 5.01. The van der Waals surface area contributed by atoms with Crippen LogP contribution in [0.1, 0.15) is 6.92 Å². The van der Waals surface area contributed by atoms with Crippen LogP contribution in [-0.4, -0.2) is 24.5 Å². The predicted molar refractivity (Wildman–Crippen MR) is 57.1 cm³/mol. The molecular weight excluding hydrogens is 194 g/mol. The van der Waals surface area contributed by atoms with Crippen molar-refractivity contribution in [1.29, 1.82) is 0 Å². The molecule has 2 N–H and O–H groups in total. The zero-order chi connectivity index (χ0) is 10.8. The molecule has 0 fully saturated rings. The van der Waals surface area contributed by atoms with E-state index < -0.39 is 0 Å². The van der Waals surface area contributed by atoms with Gasteiger partial charge in [-0.1, -0.05) is 6.92 Å². The van der Waals surface area contributed by atoms with Gasteiger partial charge in [-0.3, -0.25) is 4.79 Å². The quantitative estimate of drug-likeness (QED) is 0.723. The number of amides is 1. The van der Waals surface area contributed by atoms with Crippen LogP contribution in [0.4, 0.5) is 11.5 Å². The van der Waals surface area contributed by atoms with Crippen molar-refractivity contribution in [2.24, 2.45) is 5.92 Å². The Bertz CT molecular complexity index is 392. The van der Waals surface area contributed by atoms with Crippen molar-refractivity contribution in [1.82, 2.24) is 4.98 Å². The van der Waals surface area contributed by atoms with Gasteiger partial charge in [-0.15, -0.1) is 0 Å². The maximum atomic E-state index is 11.5. The van der Waals surface area contributed by atoms with Crippen molar-refractivity contribution in [3.8, 4) is 5.88 Å². The zero-order valence-corrected chi connectivity index (χ0v) is 8.70. The highest BCUT2D eigenvalue weighted by Gasteiger charge is 2.20. The van der Waals surface area contributed by atoms with Gasteiger partial charge in [-0.2, -0.15) is 4.98 Å². The maximum absolute atomic E-state index is 11.5. The first-order valence-corrected chi connectivity index (χ1v) is 4.80. The van der Waals surface area contributed by atoms with Crippen LogP contribution < -0.4 is 15.4 Å². The molecule has 0 bridgehead atoms. The third-order valence-corrected chi connectivity index (χ3v) is 2.36. The SMILES string of the molecule is COc1ccc2c(n1)NCC(C)C(=O)N2. The number of fused-ring (bicyclic) bond motifs is 1. The van der Waals surface area contributed by atoms with Crippen molar-refractivity contribution in [3.05, 3.63) is 12.1 Å². The van der Waals surface area contributed by atoms with Gasteiger partial charge in [0, 0.05) is 12.6 Å². The lowest BCUT2D eigenvalue weighted by Crippen LogP contribution is -2.22. The molecule has 0 spiro atoms. The van der Waals surface area contributed by atoms with Crippen molar-refractivity contribution in [2.75, 3.05) is 24.3 Å². The lowest BCUT2D eigenvalue weighted by Gasteiger charge is -2.07. The number of hydrogen-bond donors (Lipinski definition) is 2. The van der Waals surface area contributed by atoms with E-state index in [0.29, 0.717) is 23.9 Å². The molecule has 1 amide bonds. The summed E-state index contributed by atoms with van der Waals surface area (Å²) in [6.07, 6.45) is 0. The molecule has 2 rings (SSSR count). The number of rotatable bonds is 1. The fraction of sp³-hybridized carbons (Fsp3) is 0.400. The second-order valence-electron chi connectivity index (χ2n) is 3.52. The van der Waals surface area contributed by atoms with Gasteiger partial charge < -0.3 is 15.4 Å². The number of nitrogens with one attached hydrogen (secondary N) is 2. The Kier molecular flexibility index (Phi) is 2.45. The van der Waals surface area contributed by atoms with Gasteiger partial charge in [0.15, 0.2) is 5.82 Å². The highest BCUT2D eigenvalue weighted by Crippen LogP contribution is 2.25. The van der Waals surface area contributed by atoms with Gasteiger partial charge >= 0.3 is 0 Å². The molecule has 5 nitrogen and oxygen atoms in total. The molecule has 0 aromatic carbocycles. The summed E-state index contributed by atoms with van der Waals surface area (Å²) in [5, 5.41) is 5.91. The molecule has 1 unspecified atom stereocenters. The molecule has 0 radical (unpaired) electrons. The fourth-order valence-electron chi connectivity index (χ4n) is 1.39. The van der Waals surface area contributed by atoms with Gasteiger partial charge in [0.2, 0.25) is 11.8 Å². The Labute approximate surface area is 87.8 Å². The highest BCUT2D eigenvalue weighted by molar-refractivity contribution is 5.96. The fourth-order valence-corrected chi connectivity index (χ4v) is 1.39. The summed E-state index contributed by atoms with van der Waals surface area (Å²) in [5.74, 6) is 1.13. The molecule has 1 aliphatic rings. The Morgan fingerprint density at radius 3 is 3.07 bits per heavy atom. The van der Waals surface area contributed by atoms with Crippen LogP contribution in [0.5, 0.6) is 5.88 Å². The molecule has 15 heavy (non-hydrogen) atoms. The number of methoxy groups -OCH3 is 1. The zero-order valence-electron chi connectivity index (χ0n) is 8.70. The Hall–Kier alpha value is -1.78. The minimum atomic E-state index is -0.0646. The molecule has 1 aliphatic heterocycles. The van der Waals surface area contributed by atoms with Crippen LogP contribution in [0.25, 0.3) is 0 Å². The third-order valence-electron chi connectivity index (χ3n) is 2.36. The Balaban J connectivity index is 2.34. The van der Waals surface area contributed by atoms with E-state index in [1.807, 2.05) is 6.92 Å². The van der Waals surface area contributed by atoms with Crippen molar-refractivity contribution in [3.63, 3.8) is 0 Å². The lowest BCUT2D eigenvalue weighted by atomic mass is 10.2. The smallest absolute Gasteiger partial charge is 0.229 e. The highest BCUT2D eigenvalue weighted by atomic mass is 16.5. The summed E-state index contributed by atoms with van der Waals surface area (Å²) in [5.41, 5.74) is 0.699. The van der Waals surface area contributed by atoms with Gasteiger partial charge in [0.05, 0.1) is 18.7 Å². The maximum Gasteiger partial charge on any atom is 0.229 e. The van der Waals surface area contributed by atoms with Crippen LogP contribution in [0.2, 0.25) is 0 Å². The summed E-state index contributed by atoms with van der Waals surface area (Å²) >= 11 is 0. The van der Waals surface area contributed by atoms with E-state index in [4.69, 9.17) is 4.74 Å². The first-order valence-electron chi connectivity index (χ1n) is 4.80. The molecule has 80 valence electrons. The van der Waals surface area contributed by atoms with Crippen molar-refractivity contribution >= 4 is 17.4 Å². The molecule has 0 aliphatic carbocycles. The number of carbonyl (C=O) groups excluding carboxylic acids is 1. The second kappa shape index (κ2) is 3.76. The first kappa shape index (κ1) is 9.76. The number of hydrogen-bond acceptors (Lipinski definition) is 4. The third kappa shape index (κ3) is 1.86. The number of ether oxygens (including phenoxy) is 1. The van der Waals surface area contributed by atoms with E-state index >= 15 is 0 Å². The van der Waals surface area contributed by atoms with Crippen molar-refractivity contribution < 1.29 is 9.53 Å². The summed E-state index contributed by atoms with van der Waals surface area (Å²) in [7, 11) is 1.56. The van der Waals surface area contributed by atoms with E-state index in [9.17, 15) is 4.79 Å². The first-order chi connectivity index (χ1) is 7.20. The van der Waals surface area contributed by atoms with Gasteiger partial charge in [-0.25, -0.2) is 0 Å². The second-order valence-corrected chi connectivity index (χ2v) is 3.52. The molecule has 1 atom stereocenters. The molecular formula is C10H13N3O2. The number of anilines is 2. The molecule has 1 aromatic rings. The minimum Gasteiger partial charge on any atom is -0.481 e. The van der Waals surface area contributed by atoms with E-state index in [-0.39, 0.29) is 11.8 Å². The number of carbonyl (C=O) groups is 1. The van der Waals surface area contributed by atoms with E-state index in [0.717, 1.165) is 0 Å². The average Bonchev–Trinajstić information content (AvgIpc) is 2.39. The van der Waals surface area contributed by atoms with E-state index in [1.54, 1.807) is 19.2 Å². The Morgan fingerprint density at radius 2 is 2.33 bits per heavy atom. The summed E-state index contributed by atoms with van der Waals surface area (Å²) in [6, 6.07) is 3.50. The molecule has 5 heteroatoms. The monoisotopic (exact) mass is 207 g/mol. The Morgan fingerprint density at radius 1 is 1.53 bits per heavy atom. The van der Waals surface area contributed by atoms with E-state index in [1.165, 1.54) is 0 Å². The number of nitrogens with zero attached hydrogens (tertiary/aromatic N) is 1. The summed E-state index contributed by atoms with van der Waals surface area (Å²) in [4.78, 5) is 15.7. The molecule has 2 heterocycles. The van der Waals surface area contributed by atoms with Crippen LogP contribution in [0, 0.1) is 5.92 Å². The molecule has 0 saturated carbocycles. The van der Waals surface area contributed by atoms with Gasteiger partial charge in [0.25, 0.3) is 0 Å². The number of pyridine rings is 1. The normalized spacial score (nSPS) is 19.6. The molecule has 1 aromatic heterocycles. The van der Waals surface area contributed by atoms with Crippen LogP contribution in [-0.2, 0) is 4.79 Å². The van der Waals surface area contributed by atoms with Gasteiger partial charge in [-0.05, 0) is 6.07 Å². The van der Waals surface area contributed by atoms with E-state index in [2.05, 4.69) is 15.6 Å². The van der Waals surface area contributed by atoms with Crippen molar-refractivity contribution in [2.45, 2.75) is 6.92 Å². The summed E-state index contributed by atoms with van der Waals surface area (Å²) in [6.45, 7) is 2.45. The topological polar surface area (TPSA) is 63.2 Å². The van der Waals surface area contributed by atoms with Gasteiger partial charge in [0.1, 0.15) is 0 Å². The van der Waals surface area contributed by atoms with Crippen LogP contribution >= 0.6 is 0 Å². The largest absolute Gasteiger partial charge is 0.481 e.